The quantitative estimate of drug-likeness (QED) is 0.585. The van der Waals surface area contributed by atoms with Crippen LogP contribution in [0.5, 0.6) is 5.75 Å². The summed E-state index contributed by atoms with van der Waals surface area (Å²) in [6.45, 7) is 8.40. The van der Waals surface area contributed by atoms with E-state index in [1.807, 2.05) is 49.4 Å². The largest absolute Gasteiger partial charge is 0.494 e. The minimum atomic E-state index is -0.593. The third-order valence-electron chi connectivity index (χ3n) is 6.05. The van der Waals surface area contributed by atoms with E-state index in [0.717, 1.165) is 37.5 Å². The molecule has 0 unspecified atom stereocenters. The van der Waals surface area contributed by atoms with E-state index in [1.165, 1.54) is 5.69 Å². The molecule has 0 aliphatic carbocycles. The first-order chi connectivity index (χ1) is 16.6. The second-order valence-electron chi connectivity index (χ2n) is 8.24. The molecule has 0 radical (unpaired) electrons. The highest BCUT2D eigenvalue weighted by Crippen LogP contribution is 2.29. The normalized spacial score (nSPS) is 18.8. The second kappa shape index (κ2) is 11.1. The third kappa shape index (κ3) is 5.51. The van der Waals surface area contributed by atoms with Crippen molar-refractivity contribution in [1.29, 1.82) is 0 Å². The summed E-state index contributed by atoms with van der Waals surface area (Å²) >= 11 is 0. The Balaban J connectivity index is 1.55. The predicted molar refractivity (Wildman–Crippen MR) is 131 cm³/mol. The van der Waals surface area contributed by atoms with Gasteiger partial charge in [-0.05, 0) is 43.7 Å². The molecule has 2 N–H and O–H groups in total. The van der Waals surface area contributed by atoms with E-state index in [9.17, 15) is 9.59 Å². The lowest BCUT2D eigenvalue weighted by molar-refractivity contribution is -0.139. The van der Waals surface area contributed by atoms with E-state index < -0.39 is 12.0 Å². The summed E-state index contributed by atoms with van der Waals surface area (Å²) in [4.78, 5) is 30.2. The van der Waals surface area contributed by atoms with Crippen LogP contribution in [-0.2, 0) is 9.53 Å². The highest BCUT2D eigenvalue weighted by atomic mass is 16.5. The third-order valence-corrected chi connectivity index (χ3v) is 6.05. The molecule has 0 aromatic heterocycles. The molecule has 2 aliphatic heterocycles. The first kappa shape index (κ1) is 23.6. The van der Waals surface area contributed by atoms with Gasteiger partial charge in [0, 0.05) is 44.1 Å². The summed E-state index contributed by atoms with van der Waals surface area (Å²) in [6.07, 6.45) is 0. The predicted octanol–water partition coefficient (Wildman–Crippen LogP) is 3.08. The maximum absolute atomic E-state index is 13.0. The van der Waals surface area contributed by atoms with Gasteiger partial charge in [0.25, 0.3) is 0 Å². The monoisotopic (exact) mass is 464 g/mol. The summed E-state index contributed by atoms with van der Waals surface area (Å²) < 4.78 is 10.9. The molecule has 2 aromatic carbocycles. The Bertz CT molecular complexity index is 1010. The molecule has 1 atom stereocenters. The van der Waals surface area contributed by atoms with Crippen molar-refractivity contribution >= 4 is 17.7 Å². The molecule has 0 saturated carbocycles. The number of anilines is 1. The number of hydrogen-bond donors (Lipinski definition) is 2. The fourth-order valence-corrected chi connectivity index (χ4v) is 4.39. The van der Waals surface area contributed by atoms with Crippen LogP contribution in [0.1, 0.15) is 25.5 Å². The summed E-state index contributed by atoms with van der Waals surface area (Å²) in [5, 5.41) is 5.77. The Hall–Kier alpha value is -3.52. The van der Waals surface area contributed by atoms with Gasteiger partial charge < -0.3 is 25.0 Å². The second-order valence-corrected chi connectivity index (χ2v) is 8.24. The molecule has 2 aromatic rings. The van der Waals surface area contributed by atoms with E-state index in [-0.39, 0.29) is 12.6 Å². The summed E-state index contributed by atoms with van der Waals surface area (Å²) in [5.41, 5.74) is 3.04. The van der Waals surface area contributed by atoms with Crippen molar-refractivity contribution in [3.8, 4) is 5.75 Å². The molecule has 0 bridgehead atoms. The van der Waals surface area contributed by atoms with Crippen LogP contribution < -0.4 is 20.3 Å². The number of carbonyl (C=O) groups is 2. The number of benzene rings is 2. The average molecular weight is 465 g/mol. The Morgan fingerprint density at radius 2 is 1.68 bits per heavy atom. The Morgan fingerprint density at radius 1 is 0.971 bits per heavy atom. The molecule has 1 fully saturated rings. The van der Waals surface area contributed by atoms with Crippen LogP contribution >= 0.6 is 0 Å². The minimum absolute atomic E-state index is 0.259. The number of amides is 2. The van der Waals surface area contributed by atoms with Gasteiger partial charge in [-0.1, -0.05) is 30.3 Å². The van der Waals surface area contributed by atoms with Gasteiger partial charge in [0.05, 0.1) is 24.8 Å². The zero-order valence-corrected chi connectivity index (χ0v) is 19.8. The van der Waals surface area contributed by atoms with Gasteiger partial charge in [0.2, 0.25) is 0 Å². The van der Waals surface area contributed by atoms with Crippen molar-refractivity contribution in [1.82, 2.24) is 15.5 Å². The van der Waals surface area contributed by atoms with Crippen LogP contribution in [-0.4, -0.2) is 62.8 Å². The number of ether oxygens (including phenoxy) is 2. The standard InChI is InChI=1S/C26H32N4O4/c1-3-33-21-12-10-19(11-13-21)24-23(25(31)34-4-2)22(27-26(32)28-24)18-29-14-16-30(17-15-29)20-8-6-5-7-9-20/h5-13,24H,3-4,14-18H2,1-2H3,(H2,27,28,32)/t24-/m1/s1. The molecule has 2 amide bonds. The van der Waals surface area contributed by atoms with Crippen molar-refractivity contribution in [2.45, 2.75) is 19.9 Å². The molecular formula is C26H32N4O4. The lowest BCUT2D eigenvalue weighted by Crippen LogP contribution is -2.51. The van der Waals surface area contributed by atoms with Gasteiger partial charge in [-0.3, -0.25) is 4.90 Å². The number of piperazine rings is 1. The van der Waals surface area contributed by atoms with E-state index in [1.54, 1.807) is 6.92 Å². The van der Waals surface area contributed by atoms with E-state index in [2.05, 4.69) is 32.6 Å². The van der Waals surface area contributed by atoms with Gasteiger partial charge in [-0.25, -0.2) is 9.59 Å². The summed E-state index contributed by atoms with van der Waals surface area (Å²) in [6, 6.07) is 16.9. The molecule has 1 saturated heterocycles. The van der Waals surface area contributed by atoms with Gasteiger partial charge in [0.15, 0.2) is 0 Å². The first-order valence-electron chi connectivity index (χ1n) is 11.8. The molecule has 34 heavy (non-hydrogen) atoms. The number of nitrogens with one attached hydrogen (secondary N) is 2. The number of rotatable bonds is 8. The van der Waals surface area contributed by atoms with Crippen molar-refractivity contribution in [2.75, 3.05) is 50.8 Å². The van der Waals surface area contributed by atoms with Crippen LogP contribution in [0.4, 0.5) is 10.5 Å². The van der Waals surface area contributed by atoms with Crippen LogP contribution in [0.3, 0.4) is 0 Å². The maximum atomic E-state index is 13.0. The lowest BCUT2D eigenvalue weighted by Gasteiger charge is -2.38. The van der Waals surface area contributed by atoms with E-state index in [4.69, 9.17) is 9.47 Å². The summed E-state index contributed by atoms with van der Waals surface area (Å²) in [5.74, 6) is 0.316. The topological polar surface area (TPSA) is 83.1 Å². The van der Waals surface area contributed by atoms with Crippen LogP contribution in [0.2, 0.25) is 0 Å². The molecule has 8 heteroatoms. The number of para-hydroxylation sites is 1. The average Bonchev–Trinajstić information content (AvgIpc) is 2.85. The van der Waals surface area contributed by atoms with Crippen molar-refractivity contribution < 1.29 is 19.1 Å². The summed E-state index contributed by atoms with van der Waals surface area (Å²) in [7, 11) is 0. The number of esters is 1. The van der Waals surface area contributed by atoms with Crippen LogP contribution in [0, 0.1) is 0 Å². The zero-order valence-electron chi connectivity index (χ0n) is 19.8. The van der Waals surface area contributed by atoms with Crippen molar-refractivity contribution in [3.05, 3.63) is 71.4 Å². The van der Waals surface area contributed by atoms with Crippen LogP contribution in [0.25, 0.3) is 0 Å². The Morgan fingerprint density at radius 3 is 2.32 bits per heavy atom. The molecule has 4 rings (SSSR count). The molecule has 8 nitrogen and oxygen atoms in total. The van der Waals surface area contributed by atoms with Gasteiger partial charge in [-0.15, -0.1) is 0 Å². The number of hydrogen-bond acceptors (Lipinski definition) is 6. The fourth-order valence-electron chi connectivity index (χ4n) is 4.39. The molecule has 180 valence electrons. The fraction of sp³-hybridized carbons (Fsp3) is 0.385. The first-order valence-corrected chi connectivity index (χ1v) is 11.8. The smallest absolute Gasteiger partial charge is 0.338 e. The number of nitrogens with zero attached hydrogens (tertiary/aromatic N) is 2. The minimum Gasteiger partial charge on any atom is -0.494 e. The van der Waals surface area contributed by atoms with Crippen LogP contribution in [0.15, 0.2) is 65.9 Å². The molecule has 0 spiro atoms. The van der Waals surface area contributed by atoms with Gasteiger partial charge in [0.1, 0.15) is 5.75 Å². The highest BCUT2D eigenvalue weighted by molar-refractivity contribution is 5.95. The molecule has 2 heterocycles. The van der Waals surface area contributed by atoms with Crippen molar-refractivity contribution in [3.63, 3.8) is 0 Å². The van der Waals surface area contributed by atoms with Crippen molar-refractivity contribution in [2.24, 2.45) is 0 Å². The number of urea groups is 1. The Kier molecular flexibility index (Phi) is 7.69. The molecule has 2 aliphatic rings. The maximum Gasteiger partial charge on any atom is 0.338 e. The molecular weight excluding hydrogens is 432 g/mol. The highest BCUT2D eigenvalue weighted by Gasteiger charge is 2.34. The van der Waals surface area contributed by atoms with Gasteiger partial charge >= 0.3 is 12.0 Å². The van der Waals surface area contributed by atoms with E-state index >= 15 is 0 Å². The lowest BCUT2D eigenvalue weighted by atomic mass is 9.94. The SMILES string of the molecule is CCOC(=O)C1=C(CN2CCN(c3ccccc3)CC2)NC(=O)N[C@@H]1c1ccc(OCC)cc1. The Labute approximate surface area is 200 Å². The van der Waals surface area contributed by atoms with Gasteiger partial charge in [-0.2, -0.15) is 0 Å². The zero-order chi connectivity index (χ0) is 23.9. The van der Waals surface area contributed by atoms with E-state index in [0.29, 0.717) is 24.4 Å². The number of carbonyl (C=O) groups excluding carboxylic acids is 2.